The summed E-state index contributed by atoms with van der Waals surface area (Å²) >= 11 is 3.66. The van der Waals surface area contributed by atoms with E-state index in [4.69, 9.17) is 0 Å². The first-order chi connectivity index (χ1) is 10.0. The average molecular weight is 351 g/mol. The average Bonchev–Trinajstić information content (AvgIpc) is 2.69. The SMILES string of the molecule is CCCNC(Cc1c(Br)c(C)nn1C)c1ccnc(C)c1. The monoisotopic (exact) mass is 350 g/mol. The van der Waals surface area contributed by atoms with Crippen LogP contribution in [0.2, 0.25) is 0 Å². The van der Waals surface area contributed by atoms with Crippen LogP contribution in [0.4, 0.5) is 0 Å². The second-order valence-electron chi connectivity index (χ2n) is 5.41. The molecule has 5 heteroatoms. The minimum atomic E-state index is 0.276. The van der Waals surface area contributed by atoms with Crippen molar-refractivity contribution in [3.63, 3.8) is 0 Å². The van der Waals surface area contributed by atoms with Gasteiger partial charge in [0, 0.05) is 31.4 Å². The van der Waals surface area contributed by atoms with E-state index in [-0.39, 0.29) is 6.04 Å². The van der Waals surface area contributed by atoms with Gasteiger partial charge in [0.25, 0.3) is 0 Å². The molecule has 0 aliphatic heterocycles. The zero-order valence-electron chi connectivity index (χ0n) is 13.2. The molecule has 0 bridgehead atoms. The van der Waals surface area contributed by atoms with Gasteiger partial charge in [0.15, 0.2) is 0 Å². The van der Waals surface area contributed by atoms with Crippen LogP contribution in [0.15, 0.2) is 22.8 Å². The molecule has 2 aromatic heterocycles. The third-order valence-electron chi connectivity index (χ3n) is 3.62. The van der Waals surface area contributed by atoms with Crippen LogP contribution in [-0.4, -0.2) is 21.3 Å². The number of nitrogens with zero attached hydrogens (tertiary/aromatic N) is 3. The second kappa shape index (κ2) is 7.18. The fourth-order valence-corrected chi connectivity index (χ4v) is 3.00. The highest BCUT2D eigenvalue weighted by Gasteiger charge is 2.18. The molecule has 0 aliphatic carbocycles. The maximum Gasteiger partial charge on any atom is 0.0738 e. The molecule has 0 radical (unpaired) electrons. The van der Waals surface area contributed by atoms with Gasteiger partial charge in [-0.05, 0) is 60.4 Å². The van der Waals surface area contributed by atoms with Crippen molar-refractivity contribution in [2.45, 2.75) is 39.7 Å². The Kier molecular flexibility index (Phi) is 5.53. The Morgan fingerprint density at radius 2 is 2.14 bits per heavy atom. The maximum atomic E-state index is 4.48. The lowest BCUT2D eigenvalue weighted by molar-refractivity contribution is 0.510. The van der Waals surface area contributed by atoms with E-state index in [0.29, 0.717) is 0 Å². The highest BCUT2D eigenvalue weighted by atomic mass is 79.9. The smallest absolute Gasteiger partial charge is 0.0738 e. The number of rotatable bonds is 6. The van der Waals surface area contributed by atoms with E-state index in [2.05, 4.69) is 50.4 Å². The van der Waals surface area contributed by atoms with Crippen molar-refractivity contribution in [2.24, 2.45) is 7.05 Å². The number of aromatic nitrogens is 3. The zero-order chi connectivity index (χ0) is 15.4. The number of halogens is 1. The van der Waals surface area contributed by atoms with E-state index >= 15 is 0 Å². The van der Waals surface area contributed by atoms with Crippen molar-refractivity contribution in [3.05, 3.63) is 45.4 Å². The summed E-state index contributed by atoms with van der Waals surface area (Å²) in [5.41, 5.74) is 4.58. The summed E-state index contributed by atoms with van der Waals surface area (Å²) in [6.45, 7) is 7.25. The highest BCUT2D eigenvalue weighted by Crippen LogP contribution is 2.26. The fraction of sp³-hybridized carbons (Fsp3) is 0.500. The summed E-state index contributed by atoms with van der Waals surface area (Å²) in [5.74, 6) is 0. The Morgan fingerprint density at radius 1 is 1.38 bits per heavy atom. The molecule has 2 aromatic rings. The van der Waals surface area contributed by atoms with Crippen molar-refractivity contribution >= 4 is 15.9 Å². The Bertz CT molecular complexity index is 606. The topological polar surface area (TPSA) is 42.7 Å². The Labute approximate surface area is 135 Å². The first kappa shape index (κ1) is 16.2. The quantitative estimate of drug-likeness (QED) is 0.867. The molecule has 114 valence electrons. The van der Waals surface area contributed by atoms with Crippen molar-refractivity contribution in [1.29, 1.82) is 0 Å². The standard InChI is InChI=1S/C16H23BrN4/c1-5-7-19-14(13-6-8-18-11(2)9-13)10-15-16(17)12(3)20-21(15)4/h6,8-9,14,19H,5,7,10H2,1-4H3. The molecule has 1 atom stereocenters. The van der Waals surface area contributed by atoms with Gasteiger partial charge < -0.3 is 5.32 Å². The first-order valence-electron chi connectivity index (χ1n) is 7.36. The Balaban J connectivity index is 2.28. The predicted molar refractivity (Wildman–Crippen MR) is 89.4 cm³/mol. The number of nitrogens with one attached hydrogen (secondary N) is 1. The Morgan fingerprint density at radius 3 is 2.71 bits per heavy atom. The van der Waals surface area contributed by atoms with E-state index in [9.17, 15) is 0 Å². The molecule has 1 unspecified atom stereocenters. The molecule has 0 aromatic carbocycles. The van der Waals surface area contributed by atoms with Gasteiger partial charge in [0.2, 0.25) is 0 Å². The molecule has 21 heavy (non-hydrogen) atoms. The summed E-state index contributed by atoms with van der Waals surface area (Å²) in [5, 5.41) is 8.12. The minimum Gasteiger partial charge on any atom is -0.310 e. The minimum absolute atomic E-state index is 0.276. The molecule has 1 N–H and O–H groups in total. The third-order valence-corrected chi connectivity index (χ3v) is 4.65. The van der Waals surface area contributed by atoms with E-state index in [1.807, 2.05) is 31.8 Å². The molecule has 0 saturated carbocycles. The molecule has 0 fully saturated rings. The molecule has 0 amide bonds. The maximum absolute atomic E-state index is 4.48. The van der Waals surface area contributed by atoms with Crippen LogP contribution in [0.3, 0.4) is 0 Å². The van der Waals surface area contributed by atoms with Gasteiger partial charge in [-0.25, -0.2) is 0 Å². The first-order valence-corrected chi connectivity index (χ1v) is 8.16. The van der Waals surface area contributed by atoms with Crippen LogP contribution in [0.25, 0.3) is 0 Å². The van der Waals surface area contributed by atoms with Crippen LogP contribution < -0.4 is 5.32 Å². The predicted octanol–water partition coefficient (Wildman–Crippen LogP) is 3.48. The summed E-state index contributed by atoms with van der Waals surface area (Å²) in [6, 6.07) is 4.53. The van der Waals surface area contributed by atoms with E-state index < -0.39 is 0 Å². The van der Waals surface area contributed by atoms with Gasteiger partial charge in [-0.1, -0.05) is 6.92 Å². The summed E-state index contributed by atoms with van der Waals surface area (Å²) in [6.07, 6.45) is 3.91. The number of aryl methyl sites for hydroxylation is 3. The number of hydrogen-bond acceptors (Lipinski definition) is 3. The molecule has 2 heterocycles. The largest absolute Gasteiger partial charge is 0.310 e. The van der Waals surface area contributed by atoms with E-state index in [0.717, 1.165) is 35.2 Å². The van der Waals surface area contributed by atoms with Crippen LogP contribution in [0.1, 0.15) is 42.0 Å². The lowest BCUT2D eigenvalue weighted by atomic mass is 10.0. The highest BCUT2D eigenvalue weighted by molar-refractivity contribution is 9.10. The Hall–Kier alpha value is -1.20. The molecular formula is C16H23BrN4. The summed E-state index contributed by atoms with van der Waals surface area (Å²) in [4.78, 5) is 4.29. The van der Waals surface area contributed by atoms with Crippen molar-refractivity contribution < 1.29 is 0 Å². The normalized spacial score (nSPS) is 12.6. The van der Waals surface area contributed by atoms with Gasteiger partial charge in [0.1, 0.15) is 0 Å². The van der Waals surface area contributed by atoms with Crippen molar-refractivity contribution in [2.75, 3.05) is 6.54 Å². The zero-order valence-corrected chi connectivity index (χ0v) is 14.7. The number of hydrogen-bond donors (Lipinski definition) is 1. The molecule has 0 saturated heterocycles. The molecular weight excluding hydrogens is 328 g/mol. The summed E-state index contributed by atoms with van der Waals surface area (Å²) in [7, 11) is 2.00. The van der Waals surface area contributed by atoms with Crippen LogP contribution in [0.5, 0.6) is 0 Å². The van der Waals surface area contributed by atoms with Crippen molar-refractivity contribution in [1.82, 2.24) is 20.1 Å². The van der Waals surface area contributed by atoms with Crippen LogP contribution in [-0.2, 0) is 13.5 Å². The van der Waals surface area contributed by atoms with Crippen LogP contribution >= 0.6 is 15.9 Å². The fourth-order valence-electron chi connectivity index (χ4n) is 2.51. The lowest BCUT2D eigenvalue weighted by Gasteiger charge is -2.19. The van der Waals surface area contributed by atoms with Gasteiger partial charge >= 0.3 is 0 Å². The van der Waals surface area contributed by atoms with Gasteiger partial charge in [-0.15, -0.1) is 0 Å². The molecule has 2 rings (SSSR count). The van der Waals surface area contributed by atoms with Crippen molar-refractivity contribution in [3.8, 4) is 0 Å². The molecule has 0 spiro atoms. The second-order valence-corrected chi connectivity index (χ2v) is 6.20. The number of pyridine rings is 1. The summed E-state index contributed by atoms with van der Waals surface area (Å²) < 4.78 is 3.08. The van der Waals surface area contributed by atoms with Crippen LogP contribution in [0, 0.1) is 13.8 Å². The third kappa shape index (κ3) is 3.92. The van der Waals surface area contributed by atoms with Gasteiger partial charge in [-0.2, -0.15) is 5.10 Å². The van der Waals surface area contributed by atoms with Gasteiger partial charge in [0.05, 0.1) is 15.9 Å². The van der Waals surface area contributed by atoms with Gasteiger partial charge in [-0.3, -0.25) is 9.67 Å². The lowest BCUT2D eigenvalue weighted by Crippen LogP contribution is -2.25. The molecule has 4 nitrogen and oxygen atoms in total. The van der Waals surface area contributed by atoms with E-state index in [1.54, 1.807) is 0 Å². The van der Waals surface area contributed by atoms with E-state index in [1.165, 1.54) is 11.3 Å². The molecule has 0 aliphatic rings.